The maximum absolute atomic E-state index is 5.46. The average Bonchev–Trinajstić information content (AvgIpc) is 3.39. The summed E-state index contributed by atoms with van der Waals surface area (Å²) in [5, 5.41) is 10.9. The van der Waals surface area contributed by atoms with E-state index in [1.807, 2.05) is 12.3 Å². The molecule has 0 spiro atoms. The maximum atomic E-state index is 5.46. The molecular weight excluding hydrogens is 352 g/mol. The highest BCUT2D eigenvalue weighted by Crippen LogP contribution is 2.19. The Bertz CT molecular complexity index is 757. The molecule has 0 aliphatic carbocycles. The van der Waals surface area contributed by atoms with Crippen molar-refractivity contribution in [2.75, 3.05) is 24.5 Å². The summed E-state index contributed by atoms with van der Waals surface area (Å²) in [6.45, 7) is 10.5. The van der Waals surface area contributed by atoms with Crippen LogP contribution in [0.3, 0.4) is 0 Å². The molecule has 0 amide bonds. The lowest BCUT2D eigenvalue weighted by atomic mass is 10.1. The number of pyridine rings is 1. The molecule has 2 aromatic rings. The fourth-order valence-electron chi connectivity index (χ4n) is 3.50. The van der Waals surface area contributed by atoms with Crippen molar-refractivity contribution in [2.24, 2.45) is 4.99 Å². The molecule has 0 atom stereocenters. The average molecular weight is 385 g/mol. The monoisotopic (exact) mass is 384 g/mol. The van der Waals surface area contributed by atoms with E-state index in [1.54, 1.807) is 0 Å². The summed E-state index contributed by atoms with van der Waals surface area (Å²) < 4.78 is 5.46. The fraction of sp³-hybridized carbons (Fsp3) is 0.571. The van der Waals surface area contributed by atoms with Crippen molar-refractivity contribution < 1.29 is 4.52 Å². The number of hydrogen-bond acceptors (Lipinski definition) is 5. The van der Waals surface area contributed by atoms with Crippen molar-refractivity contribution in [3.8, 4) is 0 Å². The molecule has 28 heavy (non-hydrogen) atoms. The van der Waals surface area contributed by atoms with E-state index in [0.29, 0.717) is 13.1 Å². The third-order valence-corrected chi connectivity index (χ3v) is 5.04. The predicted octanol–water partition coefficient (Wildman–Crippen LogP) is 3.05. The Labute approximate surface area is 167 Å². The zero-order valence-corrected chi connectivity index (χ0v) is 17.3. The summed E-state index contributed by atoms with van der Waals surface area (Å²) in [4.78, 5) is 11.6. The summed E-state index contributed by atoms with van der Waals surface area (Å²) in [7, 11) is 0. The van der Waals surface area contributed by atoms with Gasteiger partial charge in [-0.2, -0.15) is 0 Å². The summed E-state index contributed by atoms with van der Waals surface area (Å²) in [6.07, 6.45) is 6.09. The van der Waals surface area contributed by atoms with Gasteiger partial charge in [0.25, 0.3) is 0 Å². The Morgan fingerprint density at radius 1 is 1.18 bits per heavy atom. The molecule has 3 rings (SSSR count). The minimum atomic E-state index is 0.615. The van der Waals surface area contributed by atoms with Crippen molar-refractivity contribution in [1.82, 2.24) is 20.8 Å². The third-order valence-electron chi connectivity index (χ3n) is 5.04. The van der Waals surface area contributed by atoms with Gasteiger partial charge in [0.15, 0.2) is 5.96 Å². The number of guanidine groups is 1. The van der Waals surface area contributed by atoms with Crippen molar-refractivity contribution in [1.29, 1.82) is 0 Å². The Kier molecular flexibility index (Phi) is 7.28. The van der Waals surface area contributed by atoms with Crippen LogP contribution in [-0.4, -0.2) is 35.7 Å². The number of rotatable bonds is 8. The number of aromatic nitrogens is 2. The first-order valence-corrected chi connectivity index (χ1v) is 10.4. The molecule has 0 radical (unpaired) electrons. The molecule has 2 aromatic heterocycles. The van der Waals surface area contributed by atoms with E-state index in [-0.39, 0.29) is 0 Å². The molecule has 1 saturated heterocycles. The van der Waals surface area contributed by atoms with E-state index < -0.39 is 0 Å². The van der Waals surface area contributed by atoms with Gasteiger partial charge in [0, 0.05) is 44.4 Å². The molecule has 7 heteroatoms. The number of nitrogens with one attached hydrogen (secondary N) is 2. The number of aryl methyl sites for hydroxylation is 2. The second-order valence-corrected chi connectivity index (χ2v) is 7.00. The van der Waals surface area contributed by atoms with Gasteiger partial charge in [0.1, 0.15) is 11.6 Å². The largest absolute Gasteiger partial charge is 0.361 e. The minimum absolute atomic E-state index is 0.615. The highest BCUT2D eigenvalue weighted by molar-refractivity contribution is 5.79. The van der Waals surface area contributed by atoms with Gasteiger partial charge in [-0.1, -0.05) is 19.0 Å². The van der Waals surface area contributed by atoms with Crippen LogP contribution < -0.4 is 15.5 Å². The quantitative estimate of drug-likeness (QED) is 0.538. The topological polar surface area (TPSA) is 78.6 Å². The van der Waals surface area contributed by atoms with Crippen molar-refractivity contribution in [2.45, 2.75) is 59.5 Å². The Morgan fingerprint density at radius 3 is 2.71 bits per heavy atom. The van der Waals surface area contributed by atoms with Gasteiger partial charge in [-0.25, -0.2) is 9.98 Å². The van der Waals surface area contributed by atoms with Crippen LogP contribution in [0.5, 0.6) is 0 Å². The first-order chi connectivity index (χ1) is 13.7. The second-order valence-electron chi connectivity index (χ2n) is 7.00. The molecule has 1 fully saturated rings. The van der Waals surface area contributed by atoms with Crippen LogP contribution in [0, 0.1) is 0 Å². The standard InChI is InChI=1S/C21H32N6O/c1-4-18-17(19(5-2)28-26-18)15-25-21(22-6-3)24-14-16-9-10-23-20(13-16)27-11-7-8-12-27/h9-10,13H,4-8,11-12,14-15H2,1-3H3,(H2,22,24,25). The summed E-state index contributed by atoms with van der Waals surface area (Å²) >= 11 is 0. The molecule has 0 saturated carbocycles. The third kappa shape index (κ3) is 5.03. The first kappa shape index (κ1) is 20.2. The van der Waals surface area contributed by atoms with Crippen molar-refractivity contribution >= 4 is 11.8 Å². The summed E-state index contributed by atoms with van der Waals surface area (Å²) in [5.41, 5.74) is 3.34. The molecule has 7 nitrogen and oxygen atoms in total. The zero-order chi connectivity index (χ0) is 19.8. The SMILES string of the molecule is CCNC(=NCc1ccnc(N2CCCC2)c1)NCc1c(CC)noc1CC. The van der Waals surface area contributed by atoms with Gasteiger partial charge in [-0.15, -0.1) is 0 Å². The van der Waals surface area contributed by atoms with E-state index in [9.17, 15) is 0 Å². The predicted molar refractivity (Wildman–Crippen MR) is 113 cm³/mol. The van der Waals surface area contributed by atoms with Gasteiger partial charge in [0.2, 0.25) is 0 Å². The van der Waals surface area contributed by atoms with Crippen LogP contribution in [0.1, 0.15) is 56.2 Å². The molecule has 0 bridgehead atoms. The maximum Gasteiger partial charge on any atom is 0.191 e. The van der Waals surface area contributed by atoms with Crippen LogP contribution in [-0.2, 0) is 25.9 Å². The molecular formula is C21H32N6O. The lowest BCUT2D eigenvalue weighted by Gasteiger charge is -2.16. The highest BCUT2D eigenvalue weighted by atomic mass is 16.5. The number of hydrogen-bond donors (Lipinski definition) is 2. The molecule has 0 unspecified atom stereocenters. The van der Waals surface area contributed by atoms with E-state index in [4.69, 9.17) is 9.52 Å². The summed E-state index contributed by atoms with van der Waals surface area (Å²) in [6, 6.07) is 4.19. The first-order valence-electron chi connectivity index (χ1n) is 10.4. The number of nitrogens with zero attached hydrogens (tertiary/aromatic N) is 4. The Morgan fingerprint density at radius 2 is 2.00 bits per heavy atom. The lowest BCUT2D eigenvalue weighted by molar-refractivity contribution is 0.380. The fourth-order valence-corrected chi connectivity index (χ4v) is 3.50. The van der Waals surface area contributed by atoms with E-state index in [1.165, 1.54) is 18.4 Å². The van der Waals surface area contributed by atoms with Gasteiger partial charge in [-0.3, -0.25) is 0 Å². The van der Waals surface area contributed by atoms with Crippen molar-refractivity contribution in [3.05, 3.63) is 40.9 Å². The second kappa shape index (κ2) is 10.1. The molecule has 2 N–H and O–H groups in total. The van der Waals surface area contributed by atoms with Gasteiger partial charge >= 0.3 is 0 Å². The molecule has 1 aliphatic rings. The van der Waals surface area contributed by atoms with Crippen LogP contribution in [0.4, 0.5) is 5.82 Å². The van der Waals surface area contributed by atoms with Crippen LogP contribution in [0.2, 0.25) is 0 Å². The molecule has 3 heterocycles. The normalized spacial score (nSPS) is 14.5. The van der Waals surface area contributed by atoms with Crippen LogP contribution >= 0.6 is 0 Å². The van der Waals surface area contributed by atoms with E-state index >= 15 is 0 Å². The number of anilines is 1. The van der Waals surface area contributed by atoms with Gasteiger partial charge in [-0.05, 0) is 43.9 Å². The zero-order valence-electron chi connectivity index (χ0n) is 17.3. The molecule has 1 aliphatic heterocycles. The van der Waals surface area contributed by atoms with E-state index in [2.05, 4.69) is 52.5 Å². The van der Waals surface area contributed by atoms with Gasteiger partial charge < -0.3 is 20.1 Å². The Hall–Kier alpha value is -2.57. The lowest BCUT2D eigenvalue weighted by Crippen LogP contribution is -2.37. The van der Waals surface area contributed by atoms with Crippen LogP contribution in [0.25, 0.3) is 0 Å². The Balaban J connectivity index is 1.66. The minimum Gasteiger partial charge on any atom is -0.361 e. The number of aliphatic imine (C=N–C) groups is 1. The summed E-state index contributed by atoms with van der Waals surface area (Å²) in [5.74, 6) is 2.81. The van der Waals surface area contributed by atoms with E-state index in [0.717, 1.165) is 61.3 Å². The molecule has 152 valence electrons. The molecule has 0 aromatic carbocycles. The van der Waals surface area contributed by atoms with Crippen molar-refractivity contribution in [3.63, 3.8) is 0 Å². The highest BCUT2D eigenvalue weighted by Gasteiger charge is 2.15. The smallest absolute Gasteiger partial charge is 0.191 e. The van der Waals surface area contributed by atoms with Crippen LogP contribution in [0.15, 0.2) is 27.8 Å². The van der Waals surface area contributed by atoms with Gasteiger partial charge in [0.05, 0.1) is 12.2 Å².